The maximum absolute atomic E-state index is 10.8. The van der Waals surface area contributed by atoms with Crippen molar-refractivity contribution < 1.29 is 9.66 Å². The summed E-state index contributed by atoms with van der Waals surface area (Å²) < 4.78 is 4.92. The average Bonchev–Trinajstić information content (AvgIpc) is 2.26. The molecule has 0 radical (unpaired) electrons. The molecule has 0 atom stereocenters. The highest BCUT2D eigenvalue weighted by atomic mass is 16.6. The van der Waals surface area contributed by atoms with Gasteiger partial charge in [0.05, 0.1) is 18.1 Å². The second kappa shape index (κ2) is 5.01. The van der Waals surface area contributed by atoms with E-state index in [1.165, 1.54) is 13.2 Å². The quantitative estimate of drug-likeness (QED) is 0.430. The molecular formula is C11H11NO3. The molecule has 0 aliphatic heterocycles. The van der Waals surface area contributed by atoms with Crippen LogP contribution in [0.4, 0.5) is 5.69 Å². The Kier molecular flexibility index (Phi) is 3.69. The normalized spacial score (nSPS) is 9.33. The van der Waals surface area contributed by atoms with E-state index >= 15 is 0 Å². The third-order valence-electron chi connectivity index (χ3n) is 2.03. The van der Waals surface area contributed by atoms with Crippen LogP contribution in [-0.4, -0.2) is 12.0 Å². The van der Waals surface area contributed by atoms with Gasteiger partial charge in [-0.25, -0.2) is 0 Å². The molecule has 4 heteroatoms. The minimum atomic E-state index is -0.422. The van der Waals surface area contributed by atoms with Gasteiger partial charge in [0.15, 0.2) is 0 Å². The fourth-order valence-corrected chi connectivity index (χ4v) is 1.26. The van der Waals surface area contributed by atoms with Gasteiger partial charge in [-0.05, 0) is 18.6 Å². The zero-order chi connectivity index (χ0) is 11.3. The van der Waals surface area contributed by atoms with E-state index in [9.17, 15) is 10.1 Å². The Morgan fingerprint density at radius 1 is 1.60 bits per heavy atom. The van der Waals surface area contributed by atoms with Crippen molar-refractivity contribution in [3.05, 3.63) is 33.9 Å². The van der Waals surface area contributed by atoms with Crippen molar-refractivity contribution in [3.8, 4) is 18.1 Å². The molecule has 1 rings (SSSR count). The van der Waals surface area contributed by atoms with Gasteiger partial charge in [0.2, 0.25) is 0 Å². The van der Waals surface area contributed by atoms with Crippen LogP contribution in [0.2, 0.25) is 0 Å². The summed E-state index contributed by atoms with van der Waals surface area (Å²) in [6, 6.07) is 4.78. The summed E-state index contributed by atoms with van der Waals surface area (Å²) in [7, 11) is 1.47. The molecule has 0 saturated heterocycles. The van der Waals surface area contributed by atoms with Crippen LogP contribution in [0.15, 0.2) is 18.2 Å². The van der Waals surface area contributed by atoms with Gasteiger partial charge in [-0.3, -0.25) is 10.1 Å². The molecule has 0 unspecified atom stereocenters. The third-order valence-corrected chi connectivity index (χ3v) is 2.03. The van der Waals surface area contributed by atoms with Crippen LogP contribution in [0.25, 0.3) is 0 Å². The first-order chi connectivity index (χ1) is 7.19. The van der Waals surface area contributed by atoms with Crippen molar-refractivity contribution in [3.63, 3.8) is 0 Å². The molecule has 0 N–H and O–H groups in total. The highest BCUT2D eigenvalue weighted by Crippen LogP contribution is 2.25. The molecule has 0 heterocycles. The maximum Gasteiger partial charge on any atom is 0.276 e. The topological polar surface area (TPSA) is 52.4 Å². The van der Waals surface area contributed by atoms with E-state index in [4.69, 9.17) is 11.2 Å². The SMILES string of the molecule is C#CCCc1ccc(OC)cc1[N+](=O)[O-]. The first-order valence-corrected chi connectivity index (χ1v) is 4.43. The molecule has 15 heavy (non-hydrogen) atoms. The van der Waals surface area contributed by atoms with Crippen molar-refractivity contribution in [2.45, 2.75) is 12.8 Å². The summed E-state index contributed by atoms with van der Waals surface area (Å²) in [5.41, 5.74) is 0.698. The smallest absolute Gasteiger partial charge is 0.276 e. The largest absolute Gasteiger partial charge is 0.497 e. The summed E-state index contributed by atoms with van der Waals surface area (Å²) in [5.74, 6) is 2.93. The third kappa shape index (κ3) is 2.71. The number of ether oxygens (including phenoxy) is 1. The number of hydrogen-bond acceptors (Lipinski definition) is 3. The fourth-order valence-electron chi connectivity index (χ4n) is 1.26. The lowest BCUT2D eigenvalue weighted by molar-refractivity contribution is -0.385. The number of terminal acetylenes is 1. The van der Waals surface area contributed by atoms with Crippen LogP contribution in [-0.2, 0) is 6.42 Å². The van der Waals surface area contributed by atoms with Gasteiger partial charge < -0.3 is 4.74 Å². The second-order valence-electron chi connectivity index (χ2n) is 2.96. The number of methoxy groups -OCH3 is 1. The molecule has 78 valence electrons. The molecule has 0 fully saturated rings. The maximum atomic E-state index is 10.8. The lowest BCUT2D eigenvalue weighted by Gasteiger charge is -2.03. The number of benzene rings is 1. The van der Waals surface area contributed by atoms with Crippen LogP contribution >= 0.6 is 0 Å². The summed E-state index contributed by atoms with van der Waals surface area (Å²) in [6.07, 6.45) is 6.12. The molecule has 1 aromatic carbocycles. The van der Waals surface area contributed by atoms with Gasteiger partial charge in [0, 0.05) is 12.0 Å². The van der Waals surface area contributed by atoms with Crippen molar-refractivity contribution in [2.24, 2.45) is 0 Å². The molecule has 0 bridgehead atoms. The van der Waals surface area contributed by atoms with E-state index in [2.05, 4.69) is 5.92 Å². The van der Waals surface area contributed by atoms with E-state index < -0.39 is 4.92 Å². The van der Waals surface area contributed by atoms with E-state index in [0.717, 1.165) is 0 Å². The monoisotopic (exact) mass is 205 g/mol. The van der Waals surface area contributed by atoms with Gasteiger partial charge in [-0.15, -0.1) is 12.3 Å². The van der Waals surface area contributed by atoms with Crippen LogP contribution in [0.1, 0.15) is 12.0 Å². The Labute approximate surface area is 88.0 Å². The number of hydrogen-bond donors (Lipinski definition) is 0. The van der Waals surface area contributed by atoms with Gasteiger partial charge in [0.1, 0.15) is 5.75 Å². The molecule has 0 aliphatic rings. The fraction of sp³-hybridized carbons (Fsp3) is 0.273. The van der Waals surface area contributed by atoms with Crippen LogP contribution in [0, 0.1) is 22.5 Å². The predicted octanol–water partition coefficient (Wildman–Crippen LogP) is 2.17. The Morgan fingerprint density at radius 2 is 2.33 bits per heavy atom. The standard InChI is InChI=1S/C11H11NO3/c1-3-4-5-9-6-7-10(15-2)8-11(9)12(13)14/h1,6-8H,4-5H2,2H3. The van der Waals surface area contributed by atoms with E-state index in [-0.39, 0.29) is 5.69 Å². The van der Waals surface area contributed by atoms with Crippen LogP contribution in [0.5, 0.6) is 5.75 Å². The number of nitro benzene ring substituents is 1. The lowest BCUT2D eigenvalue weighted by atomic mass is 10.1. The van der Waals surface area contributed by atoms with Gasteiger partial charge in [0.25, 0.3) is 5.69 Å². The van der Waals surface area contributed by atoms with E-state index in [0.29, 0.717) is 24.2 Å². The molecule has 0 spiro atoms. The second-order valence-corrected chi connectivity index (χ2v) is 2.96. The molecule has 0 aromatic heterocycles. The van der Waals surface area contributed by atoms with Crippen molar-refractivity contribution in [1.82, 2.24) is 0 Å². The molecule has 0 aliphatic carbocycles. The number of nitro groups is 1. The van der Waals surface area contributed by atoms with E-state index in [1.54, 1.807) is 12.1 Å². The average molecular weight is 205 g/mol. The highest BCUT2D eigenvalue weighted by molar-refractivity contribution is 5.46. The minimum Gasteiger partial charge on any atom is -0.497 e. The predicted molar refractivity (Wildman–Crippen MR) is 56.8 cm³/mol. The molecule has 0 saturated carbocycles. The lowest BCUT2D eigenvalue weighted by Crippen LogP contribution is -1.96. The number of rotatable bonds is 4. The number of aryl methyl sites for hydroxylation is 1. The Morgan fingerprint density at radius 3 is 2.87 bits per heavy atom. The Hall–Kier alpha value is -2.02. The first-order valence-electron chi connectivity index (χ1n) is 4.43. The number of nitrogens with zero attached hydrogens (tertiary/aromatic N) is 1. The molecule has 4 nitrogen and oxygen atoms in total. The van der Waals surface area contributed by atoms with Crippen molar-refractivity contribution in [1.29, 1.82) is 0 Å². The van der Waals surface area contributed by atoms with Gasteiger partial charge in [-0.1, -0.05) is 0 Å². The van der Waals surface area contributed by atoms with Crippen molar-refractivity contribution >= 4 is 5.69 Å². The van der Waals surface area contributed by atoms with Crippen LogP contribution in [0.3, 0.4) is 0 Å². The van der Waals surface area contributed by atoms with Crippen LogP contribution < -0.4 is 4.74 Å². The van der Waals surface area contributed by atoms with Gasteiger partial charge >= 0.3 is 0 Å². The Bertz CT molecular complexity index is 407. The highest BCUT2D eigenvalue weighted by Gasteiger charge is 2.13. The molecule has 0 amide bonds. The zero-order valence-corrected chi connectivity index (χ0v) is 8.40. The summed E-state index contributed by atoms with van der Waals surface area (Å²) >= 11 is 0. The molecule has 1 aromatic rings. The Balaban J connectivity index is 3.05. The summed E-state index contributed by atoms with van der Waals surface area (Å²) in [4.78, 5) is 10.3. The van der Waals surface area contributed by atoms with E-state index in [1.807, 2.05) is 0 Å². The first kappa shape index (κ1) is 11.1. The minimum absolute atomic E-state index is 0.0598. The molecular weight excluding hydrogens is 194 g/mol. The van der Waals surface area contributed by atoms with Crippen molar-refractivity contribution in [2.75, 3.05) is 7.11 Å². The zero-order valence-electron chi connectivity index (χ0n) is 8.40. The summed E-state index contributed by atoms with van der Waals surface area (Å²) in [5, 5.41) is 10.8. The summed E-state index contributed by atoms with van der Waals surface area (Å²) in [6.45, 7) is 0. The van der Waals surface area contributed by atoms with Gasteiger partial charge in [-0.2, -0.15) is 0 Å².